The smallest absolute Gasteiger partial charge is 1.00 e. The monoisotopic (exact) mass is 200 g/mol. The summed E-state index contributed by atoms with van der Waals surface area (Å²) in [6, 6.07) is 0. The Morgan fingerprint density at radius 3 is 0.923 bits per heavy atom. The summed E-state index contributed by atoms with van der Waals surface area (Å²) in [5, 5.41) is 15.3. The average Bonchev–Trinajstić information content (AvgIpc) is 1.88. The largest absolute Gasteiger partial charge is 1.00 e. The van der Waals surface area contributed by atoms with Gasteiger partial charge >= 0.3 is 41.5 Å². The molecule has 0 aliphatic rings. The summed E-state index contributed by atoms with van der Waals surface area (Å²) in [6.07, 6.45) is 0. The van der Waals surface area contributed by atoms with Gasteiger partial charge in [-0.3, -0.25) is 9.59 Å². The molecule has 0 rings (SSSR count). The van der Waals surface area contributed by atoms with Gasteiger partial charge in [0.25, 0.3) is 0 Å². The van der Waals surface area contributed by atoms with Crippen LogP contribution >= 0.6 is 0 Å². The van der Waals surface area contributed by atoms with Crippen molar-refractivity contribution in [3.8, 4) is 0 Å². The molecule has 0 saturated heterocycles. The van der Waals surface area contributed by atoms with Crippen molar-refractivity contribution in [3.63, 3.8) is 0 Å². The van der Waals surface area contributed by atoms with E-state index in [1.807, 2.05) is 0 Å². The molecule has 0 fully saturated rings. The summed E-state index contributed by atoms with van der Waals surface area (Å²) in [6.45, 7) is 2.00. The van der Waals surface area contributed by atoms with E-state index in [0.717, 1.165) is 13.8 Å². The third kappa shape index (κ3) is 18.3. The van der Waals surface area contributed by atoms with Crippen LogP contribution in [0.3, 0.4) is 0 Å². The van der Waals surface area contributed by atoms with Crippen LogP contribution in [0.5, 0.6) is 0 Å². The fourth-order valence-corrected chi connectivity index (χ4v) is 0. The number of carboxylic acids is 2. The number of Topliss-reactive ketones (excluding diaryl/α,β-unsaturated/α-hetero) is 2. The molecule has 0 saturated carbocycles. The molecule has 0 heterocycles. The van der Waals surface area contributed by atoms with Crippen molar-refractivity contribution in [3.05, 3.63) is 0 Å². The summed E-state index contributed by atoms with van der Waals surface area (Å²) in [4.78, 5) is 37.8. The van der Waals surface area contributed by atoms with Crippen molar-refractivity contribution in [2.75, 3.05) is 0 Å². The fraction of sp³-hybridized carbons (Fsp3) is 0.333. The van der Waals surface area contributed by atoms with E-state index in [4.69, 9.17) is 10.2 Å². The van der Waals surface area contributed by atoms with Gasteiger partial charge in [0.2, 0.25) is 11.6 Å². The normalized spacial score (nSPS) is 6.92. The molecular weight excluding hydrogens is 191 g/mol. The average molecular weight is 200 g/mol. The molecule has 0 aromatic heterocycles. The van der Waals surface area contributed by atoms with Crippen LogP contribution in [0, 0.1) is 0 Å². The van der Waals surface area contributed by atoms with Crippen molar-refractivity contribution >= 4 is 23.5 Å². The van der Waals surface area contributed by atoms with E-state index in [1.165, 1.54) is 0 Å². The predicted octanol–water partition coefficient (Wildman–Crippen LogP) is -3.56. The van der Waals surface area contributed by atoms with Gasteiger partial charge in [-0.1, -0.05) is 0 Å². The van der Waals surface area contributed by atoms with Gasteiger partial charge < -0.3 is 11.6 Å². The van der Waals surface area contributed by atoms with E-state index in [9.17, 15) is 19.2 Å². The first-order chi connectivity index (χ1) is 5.29. The van der Waals surface area contributed by atoms with Gasteiger partial charge in [-0.25, -0.2) is 9.59 Å². The van der Waals surface area contributed by atoms with E-state index < -0.39 is 23.5 Å². The number of carbonyl (C=O) groups is 4. The summed E-state index contributed by atoms with van der Waals surface area (Å²) in [7, 11) is 0. The molecule has 13 heavy (non-hydrogen) atoms. The zero-order chi connectivity index (χ0) is 10.3. The molecule has 0 spiro atoms. The molecule has 70 valence electrons. The van der Waals surface area contributed by atoms with Crippen LogP contribution in [0.2, 0.25) is 0 Å². The Morgan fingerprint density at radius 1 is 0.846 bits per heavy atom. The second kappa shape index (κ2) is 9.37. The third-order valence-electron chi connectivity index (χ3n) is 0.602. The summed E-state index contributed by atoms with van der Waals surface area (Å²) in [5.41, 5.74) is 0. The van der Waals surface area contributed by atoms with Crippen molar-refractivity contribution in [2.24, 2.45) is 0 Å². The van der Waals surface area contributed by atoms with Gasteiger partial charge in [0, 0.05) is 13.8 Å². The first-order valence-corrected chi connectivity index (χ1v) is 2.76. The molecule has 0 aromatic rings. The second-order valence-electron chi connectivity index (χ2n) is 1.72. The summed E-state index contributed by atoms with van der Waals surface area (Å²) >= 11 is 0. The van der Waals surface area contributed by atoms with E-state index in [2.05, 4.69) is 0 Å². The van der Waals surface area contributed by atoms with Gasteiger partial charge in [-0.2, -0.15) is 0 Å². The van der Waals surface area contributed by atoms with E-state index in [-0.39, 0.29) is 31.0 Å². The number of rotatable bonds is 2. The molecule has 0 aliphatic heterocycles. The van der Waals surface area contributed by atoms with E-state index >= 15 is 0 Å². The molecule has 6 nitrogen and oxygen atoms in total. The molecule has 0 unspecified atom stereocenters. The standard InChI is InChI=1S/2C3H4O3.Na.H/c2*1-2(4)3(5)6;;/h2*1H3,(H,5,6);;/q;;+1;-1. The molecule has 0 aromatic carbocycles. The number of aliphatic carboxylic acids is 2. The van der Waals surface area contributed by atoms with Crippen LogP contribution in [0.4, 0.5) is 0 Å². The Morgan fingerprint density at radius 2 is 0.923 bits per heavy atom. The van der Waals surface area contributed by atoms with Gasteiger partial charge in [0.05, 0.1) is 0 Å². The minimum absolute atomic E-state index is 0. The van der Waals surface area contributed by atoms with Crippen LogP contribution in [0.25, 0.3) is 0 Å². The minimum Gasteiger partial charge on any atom is -1.00 e. The number of ketones is 2. The summed E-state index contributed by atoms with van der Waals surface area (Å²) < 4.78 is 0. The van der Waals surface area contributed by atoms with Crippen LogP contribution in [0.15, 0.2) is 0 Å². The maximum Gasteiger partial charge on any atom is 1.00 e. The topological polar surface area (TPSA) is 109 Å². The zero-order valence-electron chi connectivity index (χ0n) is 8.53. The maximum absolute atomic E-state index is 9.54. The SMILES string of the molecule is CC(=O)C(=O)O.CC(=O)C(=O)O.[H-].[Na+]. The molecule has 0 amide bonds. The number of hydrogen-bond donors (Lipinski definition) is 2. The quantitative estimate of drug-likeness (QED) is 0.352. The molecule has 2 N–H and O–H groups in total. The number of carbonyl (C=O) groups excluding carboxylic acids is 2. The van der Waals surface area contributed by atoms with E-state index in [0.29, 0.717) is 0 Å². The first kappa shape index (κ1) is 18.1. The zero-order valence-corrected chi connectivity index (χ0v) is 9.53. The molecule has 0 bridgehead atoms. The van der Waals surface area contributed by atoms with Crippen molar-refractivity contribution in [2.45, 2.75) is 13.8 Å². The molecule has 7 heteroatoms. The van der Waals surface area contributed by atoms with Crippen LogP contribution in [-0.4, -0.2) is 33.7 Å². The van der Waals surface area contributed by atoms with Crippen molar-refractivity contribution < 1.29 is 60.4 Å². The van der Waals surface area contributed by atoms with Crippen molar-refractivity contribution in [1.82, 2.24) is 0 Å². The molecule has 0 atom stereocenters. The van der Waals surface area contributed by atoms with Gasteiger partial charge in [0.1, 0.15) is 0 Å². The van der Waals surface area contributed by atoms with Crippen LogP contribution < -0.4 is 29.6 Å². The Balaban J connectivity index is -0.0000000625. The second-order valence-corrected chi connectivity index (χ2v) is 1.72. The summed E-state index contributed by atoms with van der Waals surface area (Å²) in [5.74, 6) is -4.41. The molecule has 0 aliphatic carbocycles. The Hall–Kier alpha value is -0.720. The number of hydrogen-bond acceptors (Lipinski definition) is 4. The Labute approximate surface area is 97.7 Å². The van der Waals surface area contributed by atoms with Gasteiger partial charge in [0.15, 0.2) is 0 Å². The minimum atomic E-state index is -1.38. The fourth-order valence-electron chi connectivity index (χ4n) is 0. The van der Waals surface area contributed by atoms with Crippen molar-refractivity contribution in [1.29, 1.82) is 0 Å². The maximum atomic E-state index is 9.54. The van der Waals surface area contributed by atoms with Crippen LogP contribution in [-0.2, 0) is 19.2 Å². The predicted molar refractivity (Wildman–Crippen MR) is 37.7 cm³/mol. The number of carboxylic acid groups (broad SMARTS) is 2. The molecule has 0 radical (unpaired) electrons. The van der Waals surface area contributed by atoms with E-state index in [1.54, 1.807) is 0 Å². The Bertz CT molecular complexity index is 178. The third-order valence-corrected chi connectivity index (χ3v) is 0.602. The molecular formula is C6H9NaO6. The first-order valence-electron chi connectivity index (χ1n) is 2.76. The Kier molecular flexibility index (Phi) is 13.1. The van der Waals surface area contributed by atoms with Gasteiger partial charge in [-0.05, 0) is 0 Å². The van der Waals surface area contributed by atoms with Gasteiger partial charge in [-0.15, -0.1) is 0 Å². The van der Waals surface area contributed by atoms with Crippen LogP contribution in [0.1, 0.15) is 15.3 Å².